The smallest absolute Gasteiger partial charge is 0.253 e. The zero-order valence-corrected chi connectivity index (χ0v) is 25.7. The van der Waals surface area contributed by atoms with E-state index in [-0.39, 0.29) is 29.1 Å². The van der Waals surface area contributed by atoms with Crippen molar-refractivity contribution in [1.29, 1.82) is 0 Å². The van der Waals surface area contributed by atoms with E-state index in [1.54, 1.807) is 24.1 Å². The molecule has 0 aromatic heterocycles. The number of nitrogens with zero attached hydrogens (tertiary/aromatic N) is 1. The van der Waals surface area contributed by atoms with Gasteiger partial charge in [0.2, 0.25) is 5.91 Å². The number of ether oxygens (including phenoxy) is 1. The average Bonchev–Trinajstić information content (AvgIpc) is 3.01. The lowest BCUT2D eigenvalue weighted by Gasteiger charge is -2.25. The first-order valence-corrected chi connectivity index (χ1v) is 14.8. The number of aliphatic hydroxyl groups is 1. The molecule has 0 spiro atoms. The fourth-order valence-electron chi connectivity index (χ4n) is 4.76. The van der Waals surface area contributed by atoms with Gasteiger partial charge in [-0.05, 0) is 72.9 Å². The highest BCUT2D eigenvalue weighted by molar-refractivity contribution is 6.30. The van der Waals surface area contributed by atoms with Crippen LogP contribution < -0.4 is 21.1 Å². The fraction of sp³-hybridized carbons (Fsp3) is 0.364. The van der Waals surface area contributed by atoms with Crippen molar-refractivity contribution in [3.05, 3.63) is 99.6 Å². The highest BCUT2D eigenvalue weighted by atomic mass is 35.5. The Labute approximate surface area is 258 Å². The first-order valence-electron chi connectivity index (χ1n) is 14.5. The number of carbonyl (C=O) groups is 3. The second kappa shape index (κ2) is 16.6. The van der Waals surface area contributed by atoms with E-state index < -0.39 is 24.0 Å². The molecule has 9 nitrogen and oxygen atoms in total. The molecule has 3 aromatic rings. The van der Waals surface area contributed by atoms with Crippen LogP contribution in [-0.2, 0) is 13.0 Å². The molecule has 3 rings (SSSR count). The van der Waals surface area contributed by atoms with Crippen LogP contribution in [0.5, 0.6) is 5.75 Å². The molecule has 3 amide bonds. The monoisotopic (exact) mass is 608 g/mol. The molecule has 10 heteroatoms. The van der Waals surface area contributed by atoms with E-state index in [1.165, 1.54) is 18.2 Å². The lowest BCUT2D eigenvalue weighted by Crippen LogP contribution is -2.48. The van der Waals surface area contributed by atoms with Gasteiger partial charge in [-0.25, -0.2) is 0 Å². The van der Waals surface area contributed by atoms with Crippen LogP contribution in [-0.4, -0.2) is 66.6 Å². The van der Waals surface area contributed by atoms with Gasteiger partial charge in [0.1, 0.15) is 5.75 Å². The first-order chi connectivity index (χ1) is 20.6. The quantitative estimate of drug-likeness (QED) is 0.193. The molecular formula is C33H41ClN4O5. The van der Waals surface area contributed by atoms with Gasteiger partial charge in [0.25, 0.3) is 11.8 Å². The summed E-state index contributed by atoms with van der Waals surface area (Å²) in [4.78, 5) is 40.8. The molecule has 0 aliphatic rings. The van der Waals surface area contributed by atoms with Gasteiger partial charge in [0.15, 0.2) is 0 Å². The van der Waals surface area contributed by atoms with Crippen molar-refractivity contribution in [2.75, 3.05) is 26.7 Å². The zero-order valence-electron chi connectivity index (χ0n) is 24.9. The fourth-order valence-corrected chi connectivity index (χ4v) is 4.89. The minimum absolute atomic E-state index is 0.0544. The van der Waals surface area contributed by atoms with Crippen molar-refractivity contribution < 1.29 is 24.2 Å². The number of hydrogen-bond acceptors (Lipinski definition) is 6. The number of methoxy groups -OCH3 is 1. The minimum Gasteiger partial charge on any atom is -0.497 e. The summed E-state index contributed by atoms with van der Waals surface area (Å²) >= 11 is 6.06. The summed E-state index contributed by atoms with van der Waals surface area (Å²) in [6.07, 6.45) is 0.873. The number of benzene rings is 3. The van der Waals surface area contributed by atoms with Crippen LogP contribution in [0.15, 0.2) is 66.7 Å². The Hall–Kier alpha value is -3.92. The van der Waals surface area contributed by atoms with Gasteiger partial charge in [0, 0.05) is 47.9 Å². The summed E-state index contributed by atoms with van der Waals surface area (Å²) in [7, 11) is 1.60. The van der Waals surface area contributed by atoms with Gasteiger partial charge in [-0.2, -0.15) is 0 Å². The van der Waals surface area contributed by atoms with E-state index in [9.17, 15) is 19.5 Å². The molecule has 5 N–H and O–H groups in total. The van der Waals surface area contributed by atoms with E-state index in [2.05, 4.69) is 10.6 Å². The molecule has 2 atom stereocenters. The predicted octanol–water partition coefficient (Wildman–Crippen LogP) is 4.20. The van der Waals surface area contributed by atoms with Crippen LogP contribution in [0, 0.1) is 0 Å². The third-order valence-electron chi connectivity index (χ3n) is 6.97. The summed E-state index contributed by atoms with van der Waals surface area (Å²) in [5.74, 6) is -0.835. The number of halogens is 1. The van der Waals surface area contributed by atoms with Crippen molar-refractivity contribution in [2.24, 2.45) is 5.73 Å². The average molecular weight is 609 g/mol. The van der Waals surface area contributed by atoms with Crippen LogP contribution in [0.4, 0.5) is 0 Å². The summed E-state index contributed by atoms with van der Waals surface area (Å²) in [5, 5.41) is 17.9. The second-order valence-corrected chi connectivity index (χ2v) is 10.9. The van der Waals surface area contributed by atoms with Gasteiger partial charge in [-0.15, -0.1) is 0 Å². The number of nitrogens with two attached hydrogens (primary N) is 1. The number of amides is 3. The third kappa shape index (κ3) is 10.1. The van der Waals surface area contributed by atoms with E-state index >= 15 is 0 Å². The Kier molecular flexibility index (Phi) is 13.0. The first kappa shape index (κ1) is 33.6. The van der Waals surface area contributed by atoms with Gasteiger partial charge in [0.05, 0.1) is 19.3 Å². The van der Waals surface area contributed by atoms with E-state index in [0.717, 1.165) is 29.7 Å². The molecule has 43 heavy (non-hydrogen) atoms. The Morgan fingerprint density at radius 1 is 0.930 bits per heavy atom. The molecule has 0 heterocycles. The summed E-state index contributed by atoms with van der Waals surface area (Å²) in [6, 6.07) is 18.3. The van der Waals surface area contributed by atoms with Crippen LogP contribution in [0.1, 0.15) is 68.9 Å². The molecule has 0 radical (unpaired) electrons. The highest BCUT2D eigenvalue weighted by Gasteiger charge is 2.25. The molecule has 0 aliphatic heterocycles. The van der Waals surface area contributed by atoms with Crippen molar-refractivity contribution in [3.8, 4) is 5.75 Å². The normalized spacial score (nSPS) is 12.3. The number of aliphatic hydroxyl groups excluding tert-OH is 1. The molecule has 3 aromatic carbocycles. The SMILES string of the molecule is CCCN(CCC)C(=O)c1cc(C(N)=O)cc(C(=O)NC(Cc2ccc(Cl)cc2)C(O)CNCc2cccc(OC)c2)c1. The summed E-state index contributed by atoms with van der Waals surface area (Å²) in [5.41, 5.74) is 7.77. The van der Waals surface area contributed by atoms with Gasteiger partial charge in [-0.3, -0.25) is 14.4 Å². The molecule has 0 saturated carbocycles. The topological polar surface area (TPSA) is 134 Å². The van der Waals surface area contributed by atoms with Crippen molar-refractivity contribution >= 4 is 29.3 Å². The lowest BCUT2D eigenvalue weighted by atomic mass is 9.99. The van der Waals surface area contributed by atoms with Crippen molar-refractivity contribution in [1.82, 2.24) is 15.5 Å². The van der Waals surface area contributed by atoms with Crippen LogP contribution in [0.25, 0.3) is 0 Å². The Morgan fingerprint density at radius 3 is 2.21 bits per heavy atom. The van der Waals surface area contributed by atoms with E-state index in [0.29, 0.717) is 31.1 Å². The predicted molar refractivity (Wildman–Crippen MR) is 169 cm³/mol. The molecule has 0 aliphatic carbocycles. The highest BCUT2D eigenvalue weighted by Crippen LogP contribution is 2.17. The van der Waals surface area contributed by atoms with Gasteiger partial charge < -0.3 is 31.1 Å². The maximum atomic E-state index is 13.6. The summed E-state index contributed by atoms with van der Waals surface area (Å²) in [6.45, 7) is 5.72. The summed E-state index contributed by atoms with van der Waals surface area (Å²) < 4.78 is 5.28. The largest absolute Gasteiger partial charge is 0.497 e. The van der Waals surface area contributed by atoms with E-state index in [1.807, 2.05) is 50.2 Å². The number of carbonyl (C=O) groups excluding carboxylic acids is 3. The van der Waals surface area contributed by atoms with E-state index in [4.69, 9.17) is 22.1 Å². The van der Waals surface area contributed by atoms with Gasteiger partial charge >= 0.3 is 0 Å². The zero-order chi connectivity index (χ0) is 31.4. The van der Waals surface area contributed by atoms with Crippen LogP contribution in [0.2, 0.25) is 5.02 Å². The number of rotatable bonds is 16. The molecular weight excluding hydrogens is 568 g/mol. The molecule has 2 unspecified atom stereocenters. The standard InChI is InChI=1S/C33H41ClN4O5/c1-4-13-38(14-5-2)33(42)26-18-24(31(35)40)17-25(19-26)32(41)37-29(16-22-9-11-27(34)12-10-22)30(39)21-36-20-23-7-6-8-28(15-23)43-3/h6-12,15,17-19,29-30,36,39H,4-5,13-14,16,20-21H2,1-3H3,(H2,35,40)(H,37,41). The maximum absolute atomic E-state index is 13.6. The molecule has 0 bridgehead atoms. The third-order valence-corrected chi connectivity index (χ3v) is 7.22. The number of nitrogens with one attached hydrogen (secondary N) is 2. The second-order valence-electron chi connectivity index (χ2n) is 10.4. The Balaban J connectivity index is 1.84. The number of hydrogen-bond donors (Lipinski definition) is 4. The molecule has 0 saturated heterocycles. The Bertz CT molecular complexity index is 1380. The minimum atomic E-state index is -0.977. The lowest BCUT2D eigenvalue weighted by molar-refractivity contribution is 0.0755. The van der Waals surface area contributed by atoms with Crippen molar-refractivity contribution in [3.63, 3.8) is 0 Å². The Morgan fingerprint density at radius 2 is 1.58 bits per heavy atom. The van der Waals surface area contributed by atoms with Crippen molar-refractivity contribution in [2.45, 2.75) is 51.8 Å². The van der Waals surface area contributed by atoms with Crippen LogP contribution in [0.3, 0.4) is 0 Å². The molecule has 0 fully saturated rings. The van der Waals surface area contributed by atoms with Gasteiger partial charge in [-0.1, -0.05) is 49.7 Å². The maximum Gasteiger partial charge on any atom is 0.253 e. The van der Waals surface area contributed by atoms with Crippen LogP contribution >= 0.6 is 11.6 Å². The number of primary amides is 1. The molecule has 230 valence electrons.